The third kappa shape index (κ3) is 5.36. The Morgan fingerprint density at radius 1 is 1.00 bits per heavy atom. The number of hydrogen-bond donors (Lipinski definition) is 0. The van der Waals surface area contributed by atoms with E-state index in [0.29, 0.717) is 0 Å². The van der Waals surface area contributed by atoms with E-state index in [1.165, 1.54) is 10.8 Å². The SMILES string of the molecule is C=C.C=c1ccccc1=C(C)C.CC. The van der Waals surface area contributed by atoms with E-state index in [-0.39, 0.29) is 0 Å². The molecule has 0 amide bonds. The summed E-state index contributed by atoms with van der Waals surface area (Å²) in [7, 11) is 0. The highest BCUT2D eigenvalue weighted by atomic mass is 13.9. The maximum absolute atomic E-state index is 3.92. The quantitative estimate of drug-likeness (QED) is 0.551. The molecule has 0 atom stereocenters. The molecule has 0 aromatic heterocycles. The van der Waals surface area contributed by atoms with Gasteiger partial charge in [0.1, 0.15) is 0 Å². The highest BCUT2D eigenvalue weighted by molar-refractivity contribution is 5.39. The summed E-state index contributed by atoms with van der Waals surface area (Å²) in [6.07, 6.45) is 0. The van der Waals surface area contributed by atoms with Gasteiger partial charge < -0.3 is 0 Å². The zero-order valence-electron chi connectivity index (χ0n) is 9.93. The van der Waals surface area contributed by atoms with Gasteiger partial charge >= 0.3 is 0 Å². The molecular formula is C14H22. The van der Waals surface area contributed by atoms with Crippen molar-refractivity contribution in [1.29, 1.82) is 0 Å². The first-order valence-corrected chi connectivity index (χ1v) is 4.93. The minimum atomic E-state index is 1.11. The Balaban J connectivity index is 0. The van der Waals surface area contributed by atoms with Gasteiger partial charge in [0.15, 0.2) is 0 Å². The summed E-state index contributed by atoms with van der Waals surface area (Å²) in [4.78, 5) is 0. The first-order valence-electron chi connectivity index (χ1n) is 4.93. The van der Waals surface area contributed by atoms with Gasteiger partial charge in [0.2, 0.25) is 0 Å². The Hall–Kier alpha value is -1.30. The summed E-state index contributed by atoms with van der Waals surface area (Å²) in [5.74, 6) is 0. The second-order valence-corrected chi connectivity index (χ2v) is 2.66. The molecule has 0 saturated carbocycles. The molecule has 1 aromatic rings. The molecule has 0 N–H and O–H groups in total. The Kier molecular flexibility index (Phi) is 10.6. The van der Waals surface area contributed by atoms with Gasteiger partial charge in [0.05, 0.1) is 0 Å². The third-order valence-corrected chi connectivity index (χ3v) is 1.56. The summed E-state index contributed by atoms with van der Waals surface area (Å²) >= 11 is 0. The fraction of sp³-hybridized carbons (Fsp3) is 0.286. The molecule has 0 fully saturated rings. The summed E-state index contributed by atoms with van der Waals surface area (Å²) in [5.41, 5.74) is 1.32. The van der Waals surface area contributed by atoms with Crippen molar-refractivity contribution < 1.29 is 0 Å². The lowest BCUT2D eigenvalue weighted by Crippen LogP contribution is -2.23. The predicted octanol–water partition coefficient (Wildman–Crippen LogP) is 3.12. The van der Waals surface area contributed by atoms with Crippen LogP contribution in [0.25, 0.3) is 12.2 Å². The van der Waals surface area contributed by atoms with Crippen LogP contribution in [0.2, 0.25) is 0 Å². The van der Waals surface area contributed by atoms with Gasteiger partial charge in [-0.15, -0.1) is 13.2 Å². The van der Waals surface area contributed by atoms with E-state index in [2.05, 4.69) is 39.7 Å². The van der Waals surface area contributed by atoms with Gasteiger partial charge in [-0.3, -0.25) is 0 Å². The molecule has 0 radical (unpaired) electrons. The van der Waals surface area contributed by atoms with Crippen LogP contribution in [0.3, 0.4) is 0 Å². The summed E-state index contributed by atoms with van der Waals surface area (Å²) in [6, 6.07) is 8.17. The Morgan fingerprint density at radius 3 is 1.71 bits per heavy atom. The number of rotatable bonds is 0. The van der Waals surface area contributed by atoms with Crippen LogP contribution in [0.4, 0.5) is 0 Å². The molecule has 0 aliphatic heterocycles. The van der Waals surface area contributed by atoms with Crippen LogP contribution in [0.15, 0.2) is 37.4 Å². The lowest BCUT2D eigenvalue weighted by molar-refractivity contribution is 1.44. The monoisotopic (exact) mass is 190 g/mol. The van der Waals surface area contributed by atoms with E-state index >= 15 is 0 Å². The topological polar surface area (TPSA) is 0 Å². The molecule has 0 nitrogen and oxygen atoms in total. The third-order valence-electron chi connectivity index (χ3n) is 1.56. The molecular weight excluding hydrogens is 168 g/mol. The molecule has 1 aromatic carbocycles. The molecule has 0 bridgehead atoms. The average Bonchev–Trinajstić information content (AvgIpc) is 2.24. The summed E-state index contributed by atoms with van der Waals surface area (Å²) in [5, 5.41) is 2.38. The maximum atomic E-state index is 3.92. The van der Waals surface area contributed by atoms with Gasteiger partial charge in [-0.1, -0.05) is 50.3 Å². The highest BCUT2D eigenvalue weighted by Gasteiger charge is 1.81. The maximum Gasteiger partial charge on any atom is -0.0204 e. The standard InChI is InChI=1S/C10H12.C2H6.C2H4/c1-8(2)10-7-5-4-6-9(10)3;2*1-2/h4-7H,3H2,1-2H3;1-2H3;1-2H2. The Labute approximate surface area is 88.3 Å². The van der Waals surface area contributed by atoms with Crippen LogP contribution in [0.1, 0.15) is 27.7 Å². The van der Waals surface area contributed by atoms with Crippen molar-refractivity contribution in [1.82, 2.24) is 0 Å². The van der Waals surface area contributed by atoms with E-state index in [1.807, 2.05) is 32.0 Å². The van der Waals surface area contributed by atoms with E-state index in [0.717, 1.165) is 5.22 Å². The molecule has 1 rings (SSSR count). The molecule has 0 spiro atoms. The number of hydrogen-bond acceptors (Lipinski definition) is 0. The fourth-order valence-corrected chi connectivity index (χ4v) is 1.01. The number of benzene rings is 1. The molecule has 0 aliphatic rings. The molecule has 0 aliphatic carbocycles. The molecule has 0 heteroatoms. The normalized spacial score (nSPS) is 7.43. The lowest BCUT2D eigenvalue weighted by Gasteiger charge is -1.89. The zero-order chi connectivity index (χ0) is 11.6. The van der Waals surface area contributed by atoms with Crippen molar-refractivity contribution in [3.8, 4) is 0 Å². The van der Waals surface area contributed by atoms with Crippen LogP contribution in [-0.4, -0.2) is 0 Å². The van der Waals surface area contributed by atoms with Crippen molar-refractivity contribution in [3.05, 3.63) is 47.9 Å². The van der Waals surface area contributed by atoms with Crippen molar-refractivity contribution in [3.63, 3.8) is 0 Å². The fourth-order valence-electron chi connectivity index (χ4n) is 1.01. The van der Waals surface area contributed by atoms with E-state index < -0.39 is 0 Å². The van der Waals surface area contributed by atoms with Crippen molar-refractivity contribution >= 4 is 12.2 Å². The second-order valence-electron chi connectivity index (χ2n) is 2.66. The smallest absolute Gasteiger partial charge is 0.0204 e. The minimum absolute atomic E-state index is 1.11. The van der Waals surface area contributed by atoms with Crippen molar-refractivity contribution in [2.75, 3.05) is 0 Å². The minimum Gasteiger partial charge on any atom is -0.106 e. The van der Waals surface area contributed by atoms with Gasteiger partial charge in [0.25, 0.3) is 0 Å². The van der Waals surface area contributed by atoms with Crippen LogP contribution in [0.5, 0.6) is 0 Å². The zero-order valence-corrected chi connectivity index (χ0v) is 9.93. The van der Waals surface area contributed by atoms with Crippen molar-refractivity contribution in [2.24, 2.45) is 0 Å². The van der Waals surface area contributed by atoms with Crippen LogP contribution in [0, 0.1) is 0 Å². The van der Waals surface area contributed by atoms with Crippen molar-refractivity contribution in [2.45, 2.75) is 27.7 Å². The molecule has 78 valence electrons. The Morgan fingerprint density at radius 2 is 1.43 bits per heavy atom. The predicted molar refractivity (Wildman–Crippen MR) is 68.6 cm³/mol. The average molecular weight is 190 g/mol. The summed E-state index contributed by atoms with van der Waals surface area (Å²) < 4.78 is 0. The largest absolute Gasteiger partial charge is 0.106 e. The van der Waals surface area contributed by atoms with E-state index in [4.69, 9.17) is 0 Å². The first kappa shape index (κ1) is 15.2. The summed E-state index contributed by atoms with van der Waals surface area (Å²) in [6.45, 7) is 18.1. The molecule has 0 unspecified atom stereocenters. The van der Waals surface area contributed by atoms with Gasteiger partial charge in [0, 0.05) is 0 Å². The first-order chi connectivity index (χ1) is 6.72. The van der Waals surface area contributed by atoms with Crippen LogP contribution in [-0.2, 0) is 0 Å². The van der Waals surface area contributed by atoms with Crippen LogP contribution < -0.4 is 10.4 Å². The second kappa shape index (κ2) is 9.79. The van der Waals surface area contributed by atoms with Gasteiger partial charge in [-0.2, -0.15) is 0 Å². The lowest BCUT2D eigenvalue weighted by atomic mass is 10.2. The highest BCUT2D eigenvalue weighted by Crippen LogP contribution is 1.82. The molecule has 0 heterocycles. The van der Waals surface area contributed by atoms with Gasteiger partial charge in [-0.05, 0) is 24.3 Å². The Bertz CT molecular complexity index is 329. The van der Waals surface area contributed by atoms with Gasteiger partial charge in [-0.25, -0.2) is 0 Å². The van der Waals surface area contributed by atoms with Crippen LogP contribution >= 0.6 is 0 Å². The molecule has 0 saturated heterocycles. The van der Waals surface area contributed by atoms with E-state index in [9.17, 15) is 0 Å². The van der Waals surface area contributed by atoms with E-state index in [1.54, 1.807) is 0 Å². The molecule has 14 heavy (non-hydrogen) atoms.